The molecule has 0 radical (unpaired) electrons. The number of esters is 4. The highest BCUT2D eigenvalue weighted by Crippen LogP contribution is 2.65. The van der Waals surface area contributed by atoms with Crippen LogP contribution in [0.4, 0.5) is 0 Å². The number of carbonyl (C=O) groups is 4. The summed E-state index contributed by atoms with van der Waals surface area (Å²) in [6.45, 7) is 11.0. The van der Waals surface area contributed by atoms with Crippen molar-refractivity contribution in [2.45, 2.75) is 109 Å². The van der Waals surface area contributed by atoms with E-state index in [4.69, 9.17) is 23.7 Å². The van der Waals surface area contributed by atoms with Crippen molar-refractivity contribution in [3.63, 3.8) is 0 Å². The number of hydrogen-bond donors (Lipinski definition) is 1. The van der Waals surface area contributed by atoms with Gasteiger partial charge in [-0.3, -0.25) is 14.4 Å². The molecule has 0 aromatic heterocycles. The van der Waals surface area contributed by atoms with E-state index < -0.39 is 82.8 Å². The Balaban J connectivity index is 1.92. The van der Waals surface area contributed by atoms with Crippen LogP contribution in [0.2, 0.25) is 0 Å². The predicted molar refractivity (Wildman–Crippen MR) is 123 cm³/mol. The third kappa shape index (κ3) is 3.84. The number of hydrogen-bond acceptors (Lipinski definition) is 10. The fourth-order valence-electron chi connectivity index (χ4n) is 6.98. The van der Waals surface area contributed by atoms with Crippen molar-refractivity contribution in [1.29, 1.82) is 0 Å². The molecule has 1 unspecified atom stereocenters. The lowest BCUT2D eigenvalue weighted by Gasteiger charge is -2.56. The Hall–Kier alpha value is -2.46. The molecule has 2 aliphatic heterocycles. The quantitative estimate of drug-likeness (QED) is 0.261. The summed E-state index contributed by atoms with van der Waals surface area (Å²) in [5.74, 6) is -3.37. The molecule has 10 heteroatoms. The van der Waals surface area contributed by atoms with Crippen molar-refractivity contribution in [2.24, 2.45) is 17.3 Å². The Morgan fingerprint density at radius 1 is 1.03 bits per heavy atom. The molecule has 0 bridgehead atoms. The molecule has 2 heterocycles. The van der Waals surface area contributed by atoms with E-state index in [1.54, 1.807) is 13.0 Å². The Morgan fingerprint density at radius 2 is 1.61 bits per heavy atom. The van der Waals surface area contributed by atoms with E-state index in [9.17, 15) is 24.3 Å². The van der Waals surface area contributed by atoms with Crippen molar-refractivity contribution in [3.05, 3.63) is 11.6 Å². The number of carbonyl (C=O) groups excluding carboxylic acids is 4. The van der Waals surface area contributed by atoms with Gasteiger partial charge >= 0.3 is 23.9 Å². The highest BCUT2D eigenvalue weighted by molar-refractivity contribution is 5.88. The minimum absolute atomic E-state index is 0.163. The molecule has 0 aromatic rings. The van der Waals surface area contributed by atoms with Gasteiger partial charge in [0.1, 0.15) is 18.3 Å². The number of aliphatic hydroxyl groups is 1. The lowest BCUT2D eigenvalue weighted by atomic mass is 9.53. The summed E-state index contributed by atoms with van der Waals surface area (Å²) in [6, 6.07) is 0. The minimum atomic E-state index is -1.39. The molecule has 0 aromatic carbocycles. The highest BCUT2D eigenvalue weighted by Gasteiger charge is 2.86. The number of rotatable bonds is 3. The Kier molecular flexibility index (Phi) is 6.53. The molecule has 2 saturated heterocycles. The van der Waals surface area contributed by atoms with Crippen LogP contribution in [0.1, 0.15) is 67.7 Å². The molecular formula is C26H36O10. The molecule has 1 spiro atoms. The number of aliphatic hydroxyl groups excluding tert-OH is 1. The highest BCUT2D eigenvalue weighted by atomic mass is 16.7. The summed E-state index contributed by atoms with van der Waals surface area (Å²) < 4.78 is 29.0. The first-order valence-corrected chi connectivity index (χ1v) is 12.5. The zero-order valence-electron chi connectivity index (χ0n) is 21.9. The van der Waals surface area contributed by atoms with Crippen LogP contribution >= 0.6 is 0 Å². The second kappa shape index (κ2) is 8.83. The van der Waals surface area contributed by atoms with E-state index in [1.165, 1.54) is 20.8 Å². The van der Waals surface area contributed by atoms with Crippen LogP contribution in [0.25, 0.3) is 0 Å². The molecule has 1 saturated carbocycles. The van der Waals surface area contributed by atoms with Crippen LogP contribution in [-0.2, 0) is 42.9 Å². The molecule has 2 aliphatic carbocycles. The van der Waals surface area contributed by atoms with Gasteiger partial charge in [-0.15, -0.1) is 0 Å². The lowest BCUT2D eigenvalue weighted by molar-refractivity contribution is -0.230. The van der Waals surface area contributed by atoms with Crippen LogP contribution in [-0.4, -0.2) is 70.7 Å². The fourth-order valence-corrected chi connectivity index (χ4v) is 6.98. The molecule has 10 atom stereocenters. The summed E-state index contributed by atoms with van der Waals surface area (Å²) in [5, 5.41) is 12.1. The van der Waals surface area contributed by atoms with E-state index in [1.807, 2.05) is 20.8 Å². The maximum atomic E-state index is 12.8. The third-order valence-corrected chi connectivity index (χ3v) is 8.78. The molecule has 4 aliphatic rings. The molecule has 1 N–H and O–H groups in total. The zero-order valence-corrected chi connectivity index (χ0v) is 21.9. The standard InChI is InChI=1S/C26H36O10/c1-12-8-9-18(33-15(4)28)24(6)19(34-16(5)29)11-17(32-14(3)27)13(2)21(24)22(30)26-20(10-12)35-23(31)25(26,7)36-26/h10,13,17-22,30H,8-9,11H2,1-7H3/b12-10-/t13-,17-,18-,19-,20-,21?,22+,24-,25-,26-/m0/s1. The smallest absolute Gasteiger partial charge is 0.342 e. The van der Waals surface area contributed by atoms with E-state index in [2.05, 4.69) is 0 Å². The molecule has 4 rings (SSSR count). The van der Waals surface area contributed by atoms with Gasteiger partial charge in [-0.25, -0.2) is 4.79 Å². The van der Waals surface area contributed by atoms with Gasteiger partial charge in [0, 0.05) is 38.5 Å². The van der Waals surface area contributed by atoms with Crippen molar-refractivity contribution < 1.29 is 48.0 Å². The number of ether oxygens (including phenoxy) is 5. The number of allylic oxidation sites excluding steroid dienone is 1. The second-order valence-corrected chi connectivity index (χ2v) is 11.1. The van der Waals surface area contributed by atoms with Gasteiger partial charge in [0.25, 0.3) is 0 Å². The summed E-state index contributed by atoms with van der Waals surface area (Å²) in [7, 11) is 0. The van der Waals surface area contributed by atoms with Crippen LogP contribution < -0.4 is 0 Å². The first-order chi connectivity index (χ1) is 16.7. The largest absolute Gasteiger partial charge is 0.462 e. The lowest BCUT2D eigenvalue weighted by Crippen LogP contribution is -2.65. The van der Waals surface area contributed by atoms with Crippen molar-refractivity contribution in [1.82, 2.24) is 0 Å². The van der Waals surface area contributed by atoms with Crippen LogP contribution in [0, 0.1) is 17.3 Å². The van der Waals surface area contributed by atoms with Gasteiger partial charge in [0.2, 0.25) is 0 Å². The van der Waals surface area contributed by atoms with Gasteiger partial charge in [-0.05, 0) is 38.7 Å². The maximum Gasteiger partial charge on any atom is 0.342 e. The van der Waals surface area contributed by atoms with Crippen LogP contribution in [0.3, 0.4) is 0 Å². The monoisotopic (exact) mass is 508 g/mol. The maximum absolute atomic E-state index is 12.8. The first kappa shape index (κ1) is 26.6. The van der Waals surface area contributed by atoms with Crippen LogP contribution in [0.5, 0.6) is 0 Å². The van der Waals surface area contributed by atoms with E-state index >= 15 is 0 Å². The van der Waals surface area contributed by atoms with E-state index in [0.717, 1.165) is 5.57 Å². The van der Waals surface area contributed by atoms with Gasteiger partial charge in [0.15, 0.2) is 17.3 Å². The van der Waals surface area contributed by atoms with Gasteiger partial charge in [-0.1, -0.05) is 19.4 Å². The number of epoxide rings is 1. The Morgan fingerprint density at radius 3 is 2.17 bits per heavy atom. The first-order valence-electron chi connectivity index (χ1n) is 12.5. The van der Waals surface area contributed by atoms with Gasteiger partial charge < -0.3 is 28.8 Å². The Bertz CT molecular complexity index is 1000. The molecule has 10 nitrogen and oxygen atoms in total. The minimum Gasteiger partial charge on any atom is -0.462 e. The average Bonchev–Trinajstić information content (AvgIpc) is 3.35. The average molecular weight is 509 g/mol. The van der Waals surface area contributed by atoms with Gasteiger partial charge in [-0.2, -0.15) is 0 Å². The Labute approximate surface area is 210 Å². The zero-order chi connectivity index (χ0) is 26.8. The van der Waals surface area contributed by atoms with Gasteiger partial charge in [0.05, 0.1) is 6.10 Å². The fraction of sp³-hybridized carbons (Fsp3) is 0.769. The van der Waals surface area contributed by atoms with Crippen LogP contribution in [0.15, 0.2) is 11.6 Å². The summed E-state index contributed by atoms with van der Waals surface area (Å²) >= 11 is 0. The SMILES string of the molecule is CC(=O)O[C@H]1C[C@H](OC(C)=O)[C@@]2(C)C([C@H]1C)[C@@H](O)[C@]13O[C@@]1(C)C(=O)O[C@H]3/C=C(/C)CC[C@@H]2OC(C)=O. The molecular weight excluding hydrogens is 472 g/mol. The second-order valence-electron chi connectivity index (χ2n) is 11.1. The van der Waals surface area contributed by atoms with Crippen molar-refractivity contribution in [2.75, 3.05) is 0 Å². The predicted octanol–water partition coefficient (Wildman–Crippen LogP) is 2.00. The topological polar surface area (TPSA) is 138 Å². The molecule has 200 valence electrons. The van der Waals surface area contributed by atoms with E-state index in [-0.39, 0.29) is 6.42 Å². The molecule has 0 amide bonds. The molecule has 36 heavy (non-hydrogen) atoms. The normalized spacial score (nSPS) is 47.1. The summed E-state index contributed by atoms with van der Waals surface area (Å²) in [5.41, 5.74) is -2.98. The van der Waals surface area contributed by atoms with Crippen molar-refractivity contribution in [3.8, 4) is 0 Å². The molecule has 3 fully saturated rings. The van der Waals surface area contributed by atoms with Crippen molar-refractivity contribution >= 4 is 23.9 Å². The summed E-state index contributed by atoms with van der Waals surface area (Å²) in [6.07, 6.45) is -1.61. The number of fused-ring (bicyclic) bond motifs is 1. The van der Waals surface area contributed by atoms with E-state index in [0.29, 0.717) is 12.8 Å². The third-order valence-electron chi connectivity index (χ3n) is 8.78. The summed E-state index contributed by atoms with van der Waals surface area (Å²) in [4.78, 5) is 49.2.